The summed E-state index contributed by atoms with van der Waals surface area (Å²) in [6.45, 7) is 4.89. The lowest BCUT2D eigenvalue weighted by Crippen LogP contribution is -2.57. The molecule has 302 valence electrons. The van der Waals surface area contributed by atoms with Crippen molar-refractivity contribution in [3.63, 3.8) is 0 Å². The highest BCUT2D eigenvalue weighted by Crippen LogP contribution is 2.43. The smallest absolute Gasteiger partial charge is 0.262 e. The quantitative estimate of drug-likeness (QED) is 0.115. The number of anilines is 1. The number of ether oxygens (including phenoxy) is 2. The topological polar surface area (TPSA) is 152 Å². The molecular formula is C44H48N6O8. The second-order valence-corrected chi connectivity index (χ2v) is 16.3. The van der Waals surface area contributed by atoms with Crippen molar-refractivity contribution in [3.05, 3.63) is 82.0 Å². The highest BCUT2D eigenvalue weighted by atomic mass is 16.5. The minimum Gasteiger partial charge on any atom is -0.496 e. The number of unbranched alkanes of at least 4 members (excludes halogenated alkanes) is 1. The molecule has 8 rings (SSSR count). The van der Waals surface area contributed by atoms with E-state index in [1.165, 1.54) is 4.57 Å². The van der Waals surface area contributed by atoms with Crippen LogP contribution in [0.5, 0.6) is 11.5 Å². The van der Waals surface area contributed by atoms with E-state index < -0.39 is 17.9 Å². The minimum absolute atomic E-state index is 0.0374. The first kappa shape index (κ1) is 39.0. The normalized spacial score (nSPS) is 18.9. The first-order valence-corrected chi connectivity index (χ1v) is 19.9. The van der Waals surface area contributed by atoms with Crippen LogP contribution in [0.3, 0.4) is 0 Å². The molecule has 14 heteroatoms. The van der Waals surface area contributed by atoms with Crippen LogP contribution in [-0.2, 0) is 28.0 Å². The van der Waals surface area contributed by atoms with Crippen LogP contribution in [0.2, 0.25) is 0 Å². The lowest BCUT2D eigenvalue weighted by Gasteiger charge is -2.49. The van der Waals surface area contributed by atoms with Gasteiger partial charge in [0.1, 0.15) is 17.3 Å². The minimum atomic E-state index is -0.873. The number of carbonyl (C=O) groups is 5. The fraction of sp³-hybridized carbons (Fsp3) is 0.432. The van der Waals surface area contributed by atoms with Crippen molar-refractivity contribution in [2.75, 3.05) is 58.9 Å². The second kappa shape index (κ2) is 15.5. The Morgan fingerprint density at radius 3 is 2.38 bits per heavy atom. The summed E-state index contributed by atoms with van der Waals surface area (Å²) >= 11 is 0. The van der Waals surface area contributed by atoms with Gasteiger partial charge in [-0.15, -0.1) is 0 Å². The molecule has 4 aromatic rings. The largest absolute Gasteiger partial charge is 0.496 e. The van der Waals surface area contributed by atoms with Crippen LogP contribution in [0.15, 0.2) is 59.8 Å². The van der Waals surface area contributed by atoms with E-state index in [1.807, 2.05) is 24.3 Å². The third-order valence-corrected chi connectivity index (χ3v) is 12.4. The number of rotatable bonds is 12. The molecular weight excluding hydrogens is 741 g/mol. The summed E-state index contributed by atoms with van der Waals surface area (Å²) in [4.78, 5) is 88.5. The summed E-state index contributed by atoms with van der Waals surface area (Å²) in [5, 5.41) is 1.30. The number of methoxy groups -OCH3 is 2. The van der Waals surface area contributed by atoms with E-state index in [2.05, 4.69) is 14.8 Å². The first-order valence-electron chi connectivity index (χ1n) is 19.9. The standard InChI is InChI=1S/C44H48N6O8/c1-46(23-35-38(57-3)17-27(18-39(35)58-4)34-22-47(2)41(54)33-21-45-14-12-30(33)34)40(53)7-5-6-15-48-16-13-44(24-48)25-49(26-44)28-8-10-31-32(19-28)43(56)50(42(31)55)36-11-9-29(51)20-37(36)52/h8,10,12,14,17-19,21-22,36H,5-7,9,11,13,15-16,20,23-26H2,1-4H3. The van der Waals surface area contributed by atoms with Crippen molar-refractivity contribution in [1.29, 1.82) is 0 Å². The maximum atomic E-state index is 13.4. The molecule has 1 saturated carbocycles. The summed E-state index contributed by atoms with van der Waals surface area (Å²) in [6, 6.07) is 10.1. The fourth-order valence-electron chi connectivity index (χ4n) is 9.25. The molecule has 3 fully saturated rings. The summed E-state index contributed by atoms with van der Waals surface area (Å²) in [5.74, 6) is -0.229. The van der Waals surface area contributed by atoms with Crippen LogP contribution in [0.4, 0.5) is 5.69 Å². The van der Waals surface area contributed by atoms with E-state index in [9.17, 15) is 28.8 Å². The van der Waals surface area contributed by atoms with Crippen molar-refractivity contribution in [2.24, 2.45) is 12.5 Å². The zero-order valence-corrected chi connectivity index (χ0v) is 33.4. The number of ketones is 2. The molecule has 4 aliphatic rings. The number of imide groups is 1. The molecule has 58 heavy (non-hydrogen) atoms. The summed E-state index contributed by atoms with van der Waals surface area (Å²) in [7, 11) is 6.69. The van der Waals surface area contributed by atoms with E-state index in [4.69, 9.17) is 9.47 Å². The lowest BCUT2D eigenvalue weighted by molar-refractivity contribution is -0.133. The molecule has 0 radical (unpaired) electrons. The zero-order chi connectivity index (χ0) is 40.9. The van der Waals surface area contributed by atoms with Gasteiger partial charge < -0.3 is 28.7 Å². The average molecular weight is 789 g/mol. The van der Waals surface area contributed by atoms with Crippen molar-refractivity contribution in [1.82, 2.24) is 24.3 Å². The highest BCUT2D eigenvalue weighted by Gasteiger charge is 2.49. The van der Waals surface area contributed by atoms with Crippen LogP contribution in [0.1, 0.15) is 71.2 Å². The predicted molar refractivity (Wildman–Crippen MR) is 216 cm³/mol. The van der Waals surface area contributed by atoms with Crippen LogP contribution >= 0.6 is 0 Å². The molecule has 14 nitrogen and oxygen atoms in total. The number of hydrogen-bond donors (Lipinski definition) is 0. The molecule has 0 bridgehead atoms. The molecule has 1 spiro atoms. The highest BCUT2D eigenvalue weighted by molar-refractivity contribution is 6.24. The average Bonchev–Trinajstić information content (AvgIpc) is 3.75. The van der Waals surface area contributed by atoms with Crippen LogP contribution in [0, 0.1) is 5.41 Å². The third kappa shape index (κ3) is 7.03. The monoisotopic (exact) mass is 788 g/mol. The van der Waals surface area contributed by atoms with E-state index in [0.29, 0.717) is 41.0 Å². The summed E-state index contributed by atoms with van der Waals surface area (Å²) in [6.07, 6.45) is 8.35. The van der Waals surface area contributed by atoms with Gasteiger partial charge in [0.25, 0.3) is 17.4 Å². The van der Waals surface area contributed by atoms with Crippen molar-refractivity contribution in [3.8, 4) is 22.6 Å². The van der Waals surface area contributed by atoms with Gasteiger partial charge in [-0.25, -0.2) is 0 Å². The Morgan fingerprint density at radius 2 is 1.66 bits per heavy atom. The summed E-state index contributed by atoms with van der Waals surface area (Å²) in [5.41, 5.74) is 3.97. The number of hydrogen-bond acceptors (Lipinski definition) is 11. The van der Waals surface area contributed by atoms with E-state index in [-0.39, 0.29) is 47.7 Å². The predicted octanol–water partition coefficient (Wildman–Crippen LogP) is 4.25. The Hall–Kier alpha value is -5.89. The number of benzene rings is 2. The fourth-order valence-corrected chi connectivity index (χ4v) is 9.25. The van der Waals surface area contributed by atoms with E-state index in [1.54, 1.807) is 63.9 Å². The maximum absolute atomic E-state index is 13.4. The SMILES string of the molecule is COc1cc(-c2cn(C)c(=O)c3cnccc23)cc(OC)c1CN(C)C(=O)CCCCN1CCC2(C1)CN(c1ccc3c(c1)C(=O)N(C1CCC(=O)CC1=O)C3=O)C2. The first-order chi connectivity index (χ1) is 27.9. The van der Waals surface area contributed by atoms with E-state index >= 15 is 0 Å². The molecule has 2 aromatic carbocycles. The molecule has 1 aliphatic carbocycles. The number of aryl methyl sites for hydroxylation is 1. The molecule has 5 heterocycles. The molecule has 1 atom stereocenters. The number of likely N-dealkylation sites (tertiary alicyclic amines) is 1. The molecule has 3 amide bonds. The van der Waals surface area contributed by atoms with Gasteiger partial charge in [0.2, 0.25) is 5.91 Å². The van der Waals surface area contributed by atoms with E-state index in [0.717, 1.165) is 84.7 Å². The third-order valence-electron chi connectivity index (χ3n) is 12.4. The number of aromatic nitrogens is 2. The number of carbonyl (C=O) groups excluding carboxylic acids is 5. The van der Waals surface area contributed by atoms with Gasteiger partial charge in [-0.3, -0.25) is 38.7 Å². The summed E-state index contributed by atoms with van der Waals surface area (Å²) < 4.78 is 13.2. The number of amides is 3. The van der Waals surface area contributed by atoms with Crippen LogP contribution in [-0.4, -0.2) is 114 Å². The second-order valence-electron chi connectivity index (χ2n) is 16.3. The zero-order valence-electron chi connectivity index (χ0n) is 33.4. The van der Waals surface area contributed by atoms with Gasteiger partial charge in [0.15, 0.2) is 5.78 Å². The van der Waals surface area contributed by atoms with Gasteiger partial charge in [0.05, 0.1) is 55.3 Å². The number of fused-ring (bicyclic) bond motifs is 2. The van der Waals surface area contributed by atoms with Crippen molar-refractivity contribution >= 4 is 45.7 Å². The maximum Gasteiger partial charge on any atom is 0.262 e. The number of pyridine rings is 2. The van der Waals surface area contributed by atoms with Crippen molar-refractivity contribution < 1.29 is 33.4 Å². The molecule has 0 N–H and O–H groups in total. The van der Waals surface area contributed by atoms with Crippen LogP contribution in [0.25, 0.3) is 21.9 Å². The Balaban J connectivity index is 0.821. The van der Waals surface area contributed by atoms with Gasteiger partial charge >= 0.3 is 0 Å². The van der Waals surface area contributed by atoms with Gasteiger partial charge in [-0.1, -0.05) is 0 Å². The van der Waals surface area contributed by atoms with Gasteiger partial charge in [-0.05, 0) is 86.1 Å². The number of Topliss-reactive ketones (excluding diaryl/α,β-unsaturated/α-hetero) is 2. The molecule has 1 unspecified atom stereocenters. The Bertz CT molecular complexity index is 2390. The molecule has 2 aromatic heterocycles. The molecule has 2 saturated heterocycles. The van der Waals surface area contributed by atoms with Crippen LogP contribution < -0.4 is 19.9 Å². The van der Waals surface area contributed by atoms with Gasteiger partial charge in [0, 0.05) is 81.8 Å². The lowest BCUT2D eigenvalue weighted by atomic mass is 9.78. The van der Waals surface area contributed by atoms with Crippen molar-refractivity contribution in [2.45, 2.75) is 57.5 Å². The Labute approximate surface area is 336 Å². The Kier molecular flexibility index (Phi) is 10.4. The number of nitrogens with zero attached hydrogens (tertiary/aromatic N) is 6. The molecule has 3 aliphatic heterocycles. The van der Waals surface area contributed by atoms with Gasteiger partial charge in [-0.2, -0.15) is 0 Å². The Morgan fingerprint density at radius 1 is 0.914 bits per heavy atom.